The van der Waals surface area contributed by atoms with Gasteiger partial charge in [-0.2, -0.15) is 0 Å². The van der Waals surface area contributed by atoms with Crippen molar-refractivity contribution in [1.29, 1.82) is 0 Å². The van der Waals surface area contributed by atoms with Crippen LogP contribution in [-0.4, -0.2) is 10.5 Å². The van der Waals surface area contributed by atoms with Gasteiger partial charge in [-0.05, 0) is 30.7 Å². The van der Waals surface area contributed by atoms with Gasteiger partial charge in [-0.15, -0.1) is 5.73 Å². The molecule has 0 saturated carbocycles. The van der Waals surface area contributed by atoms with Crippen molar-refractivity contribution in [3.8, 4) is 0 Å². The van der Waals surface area contributed by atoms with E-state index in [-0.39, 0.29) is 0 Å². The number of allylic oxidation sites excluding steroid dienone is 4. The van der Waals surface area contributed by atoms with Crippen molar-refractivity contribution < 1.29 is 4.21 Å². The summed E-state index contributed by atoms with van der Waals surface area (Å²) in [5, 5.41) is 0. The van der Waals surface area contributed by atoms with E-state index in [2.05, 4.69) is 5.73 Å². The van der Waals surface area contributed by atoms with Crippen LogP contribution in [0.4, 0.5) is 0 Å². The Hall–Kier alpha value is -0.850. The van der Waals surface area contributed by atoms with Crippen molar-refractivity contribution in [1.82, 2.24) is 0 Å². The second-order valence-corrected chi connectivity index (χ2v) is 3.73. The van der Waals surface area contributed by atoms with Gasteiger partial charge in [0, 0.05) is 22.0 Å². The zero-order valence-electron chi connectivity index (χ0n) is 6.63. The quantitative estimate of drug-likeness (QED) is 0.544. The van der Waals surface area contributed by atoms with Crippen LogP contribution in [0.5, 0.6) is 0 Å². The Morgan fingerprint density at radius 3 is 2.91 bits per heavy atom. The number of rotatable bonds is 1. The molecular weight excluding hydrogens is 156 g/mol. The third-order valence-electron chi connectivity index (χ3n) is 1.36. The summed E-state index contributed by atoms with van der Waals surface area (Å²) in [5.41, 5.74) is 4.04. The molecule has 0 bridgehead atoms. The minimum Gasteiger partial charge on any atom is -0.255 e. The molecular formula is C9H10OS. The second-order valence-electron chi connectivity index (χ2n) is 2.35. The van der Waals surface area contributed by atoms with E-state index in [1.165, 1.54) is 0 Å². The van der Waals surface area contributed by atoms with Crippen LogP contribution in [0.15, 0.2) is 40.5 Å². The van der Waals surface area contributed by atoms with Crippen molar-refractivity contribution >= 4 is 10.8 Å². The molecule has 1 unspecified atom stereocenters. The highest BCUT2D eigenvalue weighted by Crippen LogP contribution is 2.08. The summed E-state index contributed by atoms with van der Waals surface area (Å²) in [6.07, 6.45) is 9.08. The fourth-order valence-corrected chi connectivity index (χ4v) is 1.42. The summed E-state index contributed by atoms with van der Waals surface area (Å²) in [6, 6.07) is 0. The average molecular weight is 166 g/mol. The van der Waals surface area contributed by atoms with Crippen LogP contribution in [0.25, 0.3) is 0 Å². The van der Waals surface area contributed by atoms with Crippen LogP contribution in [-0.2, 0) is 10.8 Å². The van der Waals surface area contributed by atoms with E-state index >= 15 is 0 Å². The molecule has 0 aromatic heterocycles. The molecule has 0 aromatic rings. The van der Waals surface area contributed by atoms with Gasteiger partial charge in [-0.3, -0.25) is 4.21 Å². The maximum absolute atomic E-state index is 11.0. The molecule has 0 heterocycles. The Kier molecular flexibility index (Phi) is 2.64. The second kappa shape index (κ2) is 3.51. The van der Waals surface area contributed by atoms with E-state index in [9.17, 15) is 4.21 Å². The molecule has 1 aliphatic rings. The van der Waals surface area contributed by atoms with Gasteiger partial charge < -0.3 is 0 Å². The van der Waals surface area contributed by atoms with Crippen molar-refractivity contribution in [2.24, 2.45) is 0 Å². The molecule has 0 radical (unpaired) electrons. The Labute approximate surface area is 69.3 Å². The van der Waals surface area contributed by atoms with Crippen molar-refractivity contribution in [3.63, 3.8) is 0 Å². The topological polar surface area (TPSA) is 17.1 Å². The largest absolute Gasteiger partial charge is 0.255 e. The maximum atomic E-state index is 11.0. The minimum absolute atomic E-state index is 0.851. The lowest BCUT2D eigenvalue weighted by molar-refractivity contribution is 0.690. The summed E-state index contributed by atoms with van der Waals surface area (Å²) in [4.78, 5) is 0.851. The highest BCUT2D eigenvalue weighted by Gasteiger charge is 1.97. The predicted molar refractivity (Wildman–Crippen MR) is 48.6 cm³/mol. The molecule has 1 atom stereocenters. The molecule has 0 aromatic carbocycles. The number of hydrogen-bond donors (Lipinski definition) is 0. The fraction of sp³-hybridized carbons (Fsp3) is 0.222. The van der Waals surface area contributed by atoms with Gasteiger partial charge in [0.25, 0.3) is 0 Å². The zero-order valence-corrected chi connectivity index (χ0v) is 7.44. The first-order chi connectivity index (χ1) is 5.20. The molecule has 0 aliphatic heterocycles. The van der Waals surface area contributed by atoms with Gasteiger partial charge >= 0.3 is 0 Å². The van der Waals surface area contributed by atoms with Crippen LogP contribution in [0.2, 0.25) is 0 Å². The molecule has 0 fully saturated rings. The smallest absolute Gasteiger partial charge is 0.0498 e. The first-order valence-electron chi connectivity index (χ1n) is 3.35. The van der Waals surface area contributed by atoms with Crippen LogP contribution in [0.3, 0.4) is 0 Å². The minimum atomic E-state index is -0.890. The molecule has 11 heavy (non-hydrogen) atoms. The Bertz CT molecular complexity index is 302. The van der Waals surface area contributed by atoms with Gasteiger partial charge in [0.05, 0.1) is 0 Å². The lowest BCUT2D eigenvalue weighted by Crippen LogP contribution is -1.87. The summed E-state index contributed by atoms with van der Waals surface area (Å²) in [5.74, 6) is 0. The van der Waals surface area contributed by atoms with Gasteiger partial charge in [0.15, 0.2) is 0 Å². The van der Waals surface area contributed by atoms with Crippen molar-refractivity contribution in [2.45, 2.75) is 6.92 Å². The van der Waals surface area contributed by atoms with Crippen LogP contribution in [0.1, 0.15) is 6.92 Å². The molecule has 1 rings (SSSR count). The molecule has 0 N–H and O–H groups in total. The Morgan fingerprint density at radius 1 is 1.55 bits per heavy atom. The first kappa shape index (κ1) is 8.25. The lowest BCUT2D eigenvalue weighted by Gasteiger charge is -1.93. The fourth-order valence-electron chi connectivity index (χ4n) is 0.804. The van der Waals surface area contributed by atoms with Gasteiger partial charge in [0.1, 0.15) is 0 Å². The highest BCUT2D eigenvalue weighted by atomic mass is 32.2. The van der Waals surface area contributed by atoms with Crippen molar-refractivity contribution in [2.75, 3.05) is 6.26 Å². The predicted octanol–water partition coefficient (Wildman–Crippen LogP) is 1.92. The summed E-state index contributed by atoms with van der Waals surface area (Å²) in [7, 11) is -0.890. The normalized spacial score (nSPS) is 18.7. The molecule has 2 heteroatoms. The Balaban J connectivity index is 3.03. The standard InChI is InChI=1S/C9H10OS/c1-8-5-3-4-6-9(7-8)11(2)10/h3-4,6-7H,1-2H3. The summed E-state index contributed by atoms with van der Waals surface area (Å²) >= 11 is 0. The van der Waals surface area contributed by atoms with Crippen LogP contribution in [0, 0.1) is 0 Å². The van der Waals surface area contributed by atoms with Gasteiger partial charge in [-0.25, -0.2) is 0 Å². The van der Waals surface area contributed by atoms with Crippen molar-refractivity contribution in [3.05, 3.63) is 40.5 Å². The van der Waals surface area contributed by atoms with Gasteiger partial charge in [-0.1, -0.05) is 6.08 Å². The summed E-state index contributed by atoms with van der Waals surface area (Å²) in [6.45, 7) is 1.94. The molecule has 0 amide bonds. The maximum Gasteiger partial charge on any atom is 0.0498 e. The lowest BCUT2D eigenvalue weighted by atomic mass is 10.3. The first-order valence-corrected chi connectivity index (χ1v) is 4.91. The van der Waals surface area contributed by atoms with Crippen LogP contribution < -0.4 is 0 Å². The van der Waals surface area contributed by atoms with E-state index in [0.717, 1.165) is 10.5 Å². The zero-order chi connectivity index (χ0) is 8.27. The molecule has 0 spiro atoms. The van der Waals surface area contributed by atoms with E-state index < -0.39 is 10.8 Å². The summed E-state index contributed by atoms with van der Waals surface area (Å²) < 4.78 is 11.0. The average Bonchev–Trinajstić information content (AvgIpc) is 2.13. The van der Waals surface area contributed by atoms with E-state index in [1.807, 2.05) is 31.2 Å². The van der Waals surface area contributed by atoms with Gasteiger partial charge in [0.2, 0.25) is 0 Å². The Morgan fingerprint density at radius 2 is 2.27 bits per heavy atom. The third-order valence-corrected chi connectivity index (χ3v) is 2.28. The molecule has 0 saturated heterocycles. The number of hydrogen-bond acceptors (Lipinski definition) is 1. The van der Waals surface area contributed by atoms with Crippen LogP contribution >= 0.6 is 0 Å². The third kappa shape index (κ3) is 2.34. The van der Waals surface area contributed by atoms with E-state index in [0.29, 0.717) is 0 Å². The molecule has 1 nitrogen and oxygen atoms in total. The van der Waals surface area contributed by atoms with E-state index in [1.54, 1.807) is 6.26 Å². The monoisotopic (exact) mass is 166 g/mol. The highest BCUT2D eigenvalue weighted by molar-refractivity contribution is 7.88. The van der Waals surface area contributed by atoms with E-state index in [4.69, 9.17) is 0 Å². The molecule has 1 aliphatic carbocycles. The SMILES string of the molecule is CC1=C=CC=CC(S(C)=O)=C1. The molecule has 58 valence electrons.